The number of alkyl halides is 3. The zero-order valence-electron chi connectivity index (χ0n) is 22.9. The number of carbonyl (C=O) groups excluding carboxylic acids is 2. The highest BCUT2D eigenvalue weighted by molar-refractivity contribution is 5.91. The minimum atomic E-state index is -4.41. The first-order chi connectivity index (χ1) is 18.9. The van der Waals surface area contributed by atoms with E-state index in [1.54, 1.807) is 26.8 Å². The minimum absolute atomic E-state index is 0.181. The maximum atomic E-state index is 12.9. The Bertz CT molecular complexity index is 1380. The van der Waals surface area contributed by atoms with E-state index in [4.69, 9.17) is 9.47 Å². The fourth-order valence-corrected chi connectivity index (χ4v) is 4.18. The first kappa shape index (κ1) is 29.0. The van der Waals surface area contributed by atoms with Gasteiger partial charge in [-0.05, 0) is 76.3 Å². The molecule has 0 atom stereocenters. The van der Waals surface area contributed by atoms with Crippen LogP contribution in [0.5, 0.6) is 5.75 Å². The third kappa shape index (κ3) is 7.16. The lowest BCUT2D eigenvalue weighted by Gasteiger charge is -2.25. The smallest absolute Gasteiger partial charge is 0.416 e. The van der Waals surface area contributed by atoms with Gasteiger partial charge >= 0.3 is 12.1 Å². The number of amides is 1. The van der Waals surface area contributed by atoms with Crippen molar-refractivity contribution in [1.29, 1.82) is 0 Å². The molecular weight excluding hydrogens is 523 g/mol. The first-order valence-electron chi connectivity index (χ1n) is 13.2. The van der Waals surface area contributed by atoms with E-state index in [2.05, 4.69) is 15.3 Å². The van der Waals surface area contributed by atoms with Gasteiger partial charge in [0.1, 0.15) is 5.75 Å². The van der Waals surface area contributed by atoms with E-state index in [0.29, 0.717) is 34.9 Å². The van der Waals surface area contributed by atoms with Crippen molar-refractivity contribution in [3.63, 3.8) is 0 Å². The Morgan fingerprint density at radius 1 is 1.07 bits per heavy atom. The number of benzene rings is 2. The number of nitrogens with one attached hydrogen (secondary N) is 1. The quantitative estimate of drug-likeness (QED) is 0.282. The van der Waals surface area contributed by atoms with Gasteiger partial charge in [0.2, 0.25) is 5.91 Å². The summed E-state index contributed by atoms with van der Waals surface area (Å²) in [6, 6.07) is 10.3. The standard InChI is InChI=1S/C30H32F3N3O4/c1-5-39-28(38)29(3,4)40-24-14-6-19(16-18(24)2)7-15-25(37)35-23-17-34-27(36-26(23)20-8-9-20)21-10-12-22(13-11-21)30(31,32)33/h6,10-14,16-17,20H,5,7-9,15H2,1-4H3,(H,35,37). The summed E-state index contributed by atoms with van der Waals surface area (Å²) >= 11 is 0. The van der Waals surface area contributed by atoms with Crippen molar-refractivity contribution in [2.75, 3.05) is 11.9 Å². The Hall–Kier alpha value is -3.95. The van der Waals surface area contributed by atoms with Crippen LogP contribution in [-0.2, 0) is 26.9 Å². The van der Waals surface area contributed by atoms with Crippen LogP contribution < -0.4 is 10.1 Å². The van der Waals surface area contributed by atoms with Gasteiger partial charge in [-0.2, -0.15) is 13.2 Å². The van der Waals surface area contributed by atoms with Gasteiger partial charge in [-0.1, -0.05) is 24.3 Å². The van der Waals surface area contributed by atoms with Gasteiger partial charge in [0, 0.05) is 17.9 Å². The van der Waals surface area contributed by atoms with Crippen LogP contribution in [0.1, 0.15) is 68.3 Å². The molecule has 0 aliphatic heterocycles. The molecule has 1 aromatic heterocycles. The number of aromatic nitrogens is 2. The molecule has 1 saturated carbocycles. The summed E-state index contributed by atoms with van der Waals surface area (Å²) in [6.07, 6.45) is -0.342. The highest BCUT2D eigenvalue weighted by Gasteiger charge is 2.33. The summed E-state index contributed by atoms with van der Waals surface area (Å²) in [7, 11) is 0. The number of nitrogens with zero attached hydrogens (tertiary/aromatic N) is 2. The summed E-state index contributed by atoms with van der Waals surface area (Å²) in [5, 5.41) is 2.90. The molecule has 1 fully saturated rings. The zero-order chi connectivity index (χ0) is 29.1. The largest absolute Gasteiger partial charge is 0.476 e. The van der Waals surface area contributed by atoms with Crippen molar-refractivity contribution in [3.8, 4) is 17.1 Å². The highest BCUT2D eigenvalue weighted by Crippen LogP contribution is 2.43. The Morgan fingerprint density at radius 3 is 2.38 bits per heavy atom. The van der Waals surface area contributed by atoms with Crippen molar-refractivity contribution < 1.29 is 32.2 Å². The number of carbonyl (C=O) groups is 2. The molecule has 4 rings (SSSR count). The monoisotopic (exact) mass is 555 g/mol. The number of aryl methyl sites for hydroxylation is 2. The van der Waals surface area contributed by atoms with E-state index < -0.39 is 23.3 Å². The highest BCUT2D eigenvalue weighted by atomic mass is 19.4. The van der Waals surface area contributed by atoms with Crippen LogP contribution in [0.25, 0.3) is 11.4 Å². The molecule has 1 N–H and O–H groups in total. The molecule has 212 valence electrons. The molecule has 3 aromatic rings. The number of anilines is 1. The van der Waals surface area contributed by atoms with Crippen LogP contribution in [0, 0.1) is 6.92 Å². The molecule has 0 radical (unpaired) electrons. The second-order valence-corrected chi connectivity index (χ2v) is 10.3. The molecule has 1 heterocycles. The maximum Gasteiger partial charge on any atom is 0.416 e. The third-order valence-electron chi connectivity index (χ3n) is 6.54. The Labute approximate surface area is 231 Å². The van der Waals surface area contributed by atoms with Crippen molar-refractivity contribution in [1.82, 2.24) is 9.97 Å². The average Bonchev–Trinajstić information content (AvgIpc) is 3.74. The van der Waals surface area contributed by atoms with E-state index in [1.807, 2.05) is 19.1 Å². The molecule has 1 amide bonds. The third-order valence-corrected chi connectivity index (χ3v) is 6.54. The Kier molecular flexibility index (Phi) is 8.46. The molecule has 0 saturated heterocycles. The van der Waals surface area contributed by atoms with Crippen LogP contribution in [0.3, 0.4) is 0 Å². The predicted molar refractivity (Wildman–Crippen MR) is 144 cm³/mol. The molecule has 10 heteroatoms. The van der Waals surface area contributed by atoms with Gasteiger partial charge in [-0.25, -0.2) is 14.8 Å². The van der Waals surface area contributed by atoms with Crippen molar-refractivity contribution in [3.05, 3.63) is 71.0 Å². The van der Waals surface area contributed by atoms with Crippen LogP contribution in [0.15, 0.2) is 48.7 Å². The summed E-state index contributed by atoms with van der Waals surface area (Å²) < 4.78 is 49.7. The first-order valence-corrected chi connectivity index (χ1v) is 13.2. The molecule has 1 aliphatic rings. The van der Waals surface area contributed by atoms with Gasteiger partial charge < -0.3 is 14.8 Å². The SMILES string of the molecule is CCOC(=O)C(C)(C)Oc1ccc(CCC(=O)Nc2cnc(-c3ccc(C(F)(F)F)cc3)nc2C2CC2)cc1C. The van der Waals surface area contributed by atoms with Crippen molar-refractivity contribution >= 4 is 17.6 Å². The van der Waals surface area contributed by atoms with Crippen molar-refractivity contribution in [2.24, 2.45) is 0 Å². The number of esters is 1. The van der Waals surface area contributed by atoms with Gasteiger partial charge in [0.15, 0.2) is 11.4 Å². The van der Waals surface area contributed by atoms with Crippen LogP contribution in [0.2, 0.25) is 0 Å². The number of rotatable bonds is 10. The lowest BCUT2D eigenvalue weighted by atomic mass is 10.0. The molecule has 2 aromatic carbocycles. The van der Waals surface area contributed by atoms with E-state index in [1.165, 1.54) is 18.3 Å². The minimum Gasteiger partial charge on any atom is -0.476 e. The van der Waals surface area contributed by atoms with E-state index in [0.717, 1.165) is 36.1 Å². The zero-order valence-corrected chi connectivity index (χ0v) is 22.9. The number of hydrogen-bond acceptors (Lipinski definition) is 6. The summed E-state index contributed by atoms with van der Waals surface area (Å²) in [5.41, 5.74) is 1.58. The lowest BCUT2D eigenvalue weighted by Crippen LogP contribution is -2.39. The fraction of sp³-hybridized carbons (Fsp3) is 0.400. The topological polar surface area (TPSA) is 90.4 Å². The van der Waals surface area contributed by atoms with Crippen LogP contribution >= 0.6 is 0 Å². The number of hydrogen-bond donors (Lipinski definition) is 1. The van der Waals surface area contributed by atoms with Gasteiger partial charge in [0.25, 0.3) is 0 Å². The second-order valence-electron chi connectivity index (χ2n) is 10.3. The molecule has 40 heavy (non-hydrogen) atoms. The maximum absolute atomic E-state index is 12.9. The molecule has 0 bridgehead atoms. The lowest BCUT2D eigenvalue weighted by molar-refractivity contribution is -0.158. The second kappa shape index (κ2) is 11.7. The van der Waals surface area contributed by atoms with E-state index in [-0.39, 0.29) is 24.9 Å². The van der Waals surface area contributed by atoms with Gasteiger partial charge in [-0.15, -0.1) is 0 Å². The average molecular weight is 556 g/mol. The fourth-order valence-electron chi connectivity index (χ4n) is 4.18. The van der Waals surface area contributed by atoms with E-state index in [9.17, 15) is 22.8 Å². The predicted octanol–water partition coefficient (Wildman–Crippen LogP) is 6.64. The van der Waals surface area contributed by atoms with E-state index >= 15 is 0 Å². The van der Waals surface area contributed by atoms with Crippen molar-refractivity contribution in [2.45, 2.75) is 71.1 Å². The number of halogens is 3. The summed E-state index contributed by atoms with van der Waals surface area (Å²) in [4.78, 5) is 33.8. The van der Waals surface area contributed by atoms with Crippen LogP contribution in [-0.4, -0.2) is 34.1 Å². The van der Waals surface area contributed by atoms with Gasteiger partial charge in [-0.3, -0.25) is 4.79 Å². The molecular formula is C30H32F3N3O4. The summed E-state index contributed by atoms with van der Waals surface area (Å²) in [5.74, 6) is 0.412. The Balaban J connectivity index is 1.39. The Morgan fingerprint density at radius 2 is 1.77 bits per heavy atom. The molecule has 0 spiro atoms. The van der Waals surface area contributed by atoms with Gasteiger partial charge in [0.05, 0.1) is 29.7 Å². The molecule has 7 nitrogen and oxygen atoms in total. The molecule has 0 unspecified atom stereocenters. The number of ether oxygens (including phenoxy) is 2. The van der Waals surface area contributed by atoms with Crippen LogP contribution in [0.4, 0.5) is 18.9 Å². The normalized spacial score (nSPS) is 13.6. The summed E-state index contributed by atoms with van der Waals surface area (Å²) in [6.45, 7) is 7.18. The molecule has 1 aliphatic carbocycles.